The van der Waals surface area contributed by atoms with E-state index in [9.17, 15) is 9.18 Å². The smallest absolute Gasteiger partial charge is 0.267 e. The van der Waals surface area contributed by atoms with Crippen LogP contribution in [-0.4, -0.2) is 17.4 Å². The van der Waals surface area contributed by atoms with Crippen LogP contribution < -0.4 is 5.43 Å². The third kappa shape index (κ3) is 3.13. The molecular formula is C16H13FN2OS. The van der Waals surface area contributed by atoms with E-state index in [0.717, 1.165) is 16.2 Å². The normalized spacial score (nSPS) is 15.6. The molecule has 0 aliphatic carbocycles. The lowest BCUT2D eigenvalue weighted by atomic mass is 10.1. The first-order valence-electron chi connectivity index (χ1n) is 6.59. The van der Waals surface area contributed by atoms with Crippen LogP contribution in [0.3, 0.4) is 0 Å². The number of halogens is 1. The Kier molecular flexibility index (Phi) is 4.01. The Morgan fingerprint density at radius 2 is 2.00 bits per heavy atom. The number of nitrogens with one attached hydrogen (secondary N) is 1. The second-order valence-corrected chi connectivity index (χ2v) is 5.74. The van der Waals surface area contributed by atoms with Crippen LogP contribution in [0.25, 0.3) is 0 Å². The maximum absolute atomic E-state index is 13.4. The molecule has 1 aliphatic rings. The zero-order chi connectivity index (χ0) is 14.7. The van der Waals surface area contributed by atoms with Gasteiger partial charge in [0.25, 0.3) is 5.91 Å². The largest absolute Gasteiger partial charge is 0.271 e. The second kappa shape index (κ2) is 6.10. The van der Waals surface area contributed by atoms with Crippen molar-refractivity contribution in [2.45, 2.75) is 11.3 Å². The number of nitrogens with zero attached hydrogens (tertiary/aromatic N) is 1. The van der Waals surface area contributed by atoms with Gasteiger partial charge in [0.1, 0.15) is 5.82 Å². The van der Waals surface area contributed by atoms with Crippen molar-refractivity contribution in [3.63, 3.8) is 0 Å². The van der Waals surface area contributed by atoms with Crippen molar-refractivity contribution in [2.75, 3.05) is 5.75 Å². The van der Waals surface area contributed by atoms with E-state index in [1.165, 1.54) is 12.1 Å². The standard InChI is InChI=1S/C16H13FN2OS/c17-12-6-7-15-13(10-12)14(8-9-21-15)18-19-16(20)11-4-2-1-3-5-11/h1-7,10H,8-9H2,(H,19,20)/b18-14-. The molecule has 1 amide bonds. The molecule has 1 heterocycles. The van der Waals surface area contributed by atoms with E-state index in [1.807, 2.05) is 6.07 Å². The Labute approximate surface area is 126 Å². The summed E-state index contributed by atoms with van der Waals surface area (Å²) in [5.74, 6) is 0.316. The molecule has 0 spiro atoms. The fourth-order valence-electron chi connectivity index (χ4n) is 2.13. The summed E-state index contributed by atoms with van der Waals surface area (Å²) in [4.78, 5) is 13.0. The first-order valence-corrected chi connectivity index (χ1v) is 7.57. The highest BCUT2D eigenvalue weighted by atomic mass is 32.2. The number of fused-ring (bicyclic) bond motifs is 1. The first-order chi connectivity index (χ1) is 10.2. The monoisotopic (exact) mass is 300 g/mol. The van der Waals surface area contributed by atoms with E-state index in [-0.39, 0.29) is 11.7 Å². The molecule has 3 nitrogen and oxygen atoms in total. The van der Waals surface area contributed by atoms with Crippen molar-refractivity contribution in [2.24, 2.45) is 5.10 Å². The molecule has 1 N–H and O–H groups in total. The summed E-state index contributed by atoms with van der Waals surface area (Å²) < 4.78 is 13.4. The minimum Gasteiger partial charge on any atom is -0.267 e. The van der Waals surface area contributed by atoms with Crippen LogP contribution in [0, 0.1) is 5.82 Å². The summed E-state index contributed by atoms with van der Waals surface area (Å²) in [7, 11) is 0. The van der Waals surface area contributed by atoms with Gasteiger partial charge < -0.3 is 0 Å². The van der Waals surface area contributed by atoms with E-state index in [4.69, 9.17) is 0 Å². The predicted molar refractivity (Wildman–Crippen MR) is 82.2 cm³/mol. The van der Waals surface area contributed by atoms with E-state index in [2.05, 4.69) is 10.5 Å². The number of carbonyl (C=O) groups is 1. The average Bonchev–Trinajstić information content (AvgIpc) is 2.53. The number of carbonyl (C=O) groups excluding carboxylic acids is 1. The summed E-state index contributed by atoms with van der Waals surface area (Å²) in [6.07, 6.45) is 0.705. The fourth-order valence-corrected chi connectivity index (χ4v) is 3.15. The molecule has 21 heavy (non-hydrogen) atoms. The van der Waals surface area contributed by atoms with Crippen LogP contribution in [0.5, 0.6) is 0 Å². The van der Waals surface area contributed by atoms with Gasteiger partial charge in [0.15, 0.2) is 0 Å². The summed E-state index contributed by atoms with van der Waals surface area (Å²) in [6.45, 7) is 0. The van der Waals surface area contributed by atoms with E-state index >= 15 is 0 Å². The number of thioether (sulfide) groups is 1. The van der Waals surface area contributed by atoms with Crippen molar-refractivity contribution in [3.8, 4) is 0 Å². The number of amides is 1. The SMILES string of the molecule is O=C(N/N=C1/CCSc2ccc(F)cc21)c1ccccc1. The van der Waals surface area contributed by atoms with Crippen molar-refractivity contribution < 1.29 is 9.18 Å². The van der Waals surface area contributed by atoms with Crippen molar-refractivity contribution in [3.05, 3.63) is 65.5 Å². The molecule has 0 aromatic heterocycles. The summed E-state index contributed by atoms with van der Waals surface area (Å²) >= 11 is 1.67. The van der Waals surface area contributed by atoms with Gasteiger partial charge in [-0.1, -0.05) is 18.2 Å². The van der Waals surface area contributed by atoms with Crippen LogP contribution in [0.15, 0.2) is 58.5 Å². The van der Waals surface area contributed by atoms with E-state index in [0.29, 0.717) is 17.7 Å². The van der Waals surface area contributed by atoms with Gasteiger partial charge in [-0.05, 0) is 30.3 Å². The maximum Gasteiger partial charge on any atom is 0.271 e. The van der Waals surface area contributed by atoms with Gasteiger partial charge in [-0.3, -0.25) is 4.79 Å². The Bertz CT molecular complexity index is 701. The zero-order valence-electron chi connectivity index (χ0n) is 11.2. The molecule has 3 rings (SSSR count). The van der Waals surface area contributed by atoms with Crippen LogP contribution >= 0.6 is 11.8 Å². The van der Waals surface area contributed by atoms with Crippen molar-refractivity contribution >= 4 is 23.4 Å². The topological polar surface area (TPSA) is 41.5 Å². The maximum atomic E-state index is 13.4. The lowest BCUT2D eigenvalue weighted by Crippen LogP contribution is -2.21. The number of hydrogen-bond acceptors (Lipinski definition) is 3. The fraction of sp³-hybridized carbons (Fsp3) is 0.125. The lowest BCUT2D eigenvalue weighted by Gasteiger charge is -2.17. The zero-order valence-corrected chi connectivity index (χ0v) is 12.0. The Balaban J connectivity index is 1.82. The van der Waals surface area contributed by atoms with Crippen molar-refractivity contribution in [1.82, 2.24) is 5.43 Å². The molecule has 0 atom stereocenters. The van der Waals surface area contributed by atoms with Crippen molar-refractivity contribution in [1.29, 1.82) is 0 Å². The summed E-state index contributed by atoms with van der Waals surface area (Å²) in [6, 6.07) is 13.5. The molecule has 0 bridgehead atoms. The molecule has 5 heteroatoms. The molecule has 0 saturated carbocycles. The minimum absolute atomic E-state index is 0.265. The Hall–Kier alpha value is -2.14. The van der Waals surface area contributed by atoms with Gasteiger partial charge in [0, 0.05) is 28.2 Å². The van der Waals surface area contributed by atoms with Gasteiger partial charge in [-0.2, -0.15) is 5.10 Å². The highest BCUT2D eigenvalue weighted by Gasteiger charge is 2.17. The predicted octanol–water partition coefficient (Wildman–Crippen LogP) is 3.46. The van der Waals surface area contributed by atoms with Gasteiger partial charge >= 0.3 is 0 Å². The van der Waals surface area contributed by atoms with E-state index < -0.39 is 0 Å². The molecular weight excluding hydrogens is 287 g/mol. The third-order valence-electron chi connectivity index (χ3n) is 3.18. The molecule has 1 aliphatic heterocycles. The number of benzene rings is 2. The van der Waals surface area contributed by atoms with Crippen LogP contribution in [0.1, 0.15) is 22.3 Å². The second-order valence-electron chi connectivity index (χ2n) is 4.60. The number of hydrogen-bond donors (Lipinski definition) is 1. The average molecular weight is 300 g/mol. The molecule has 0 fully saturated rings. The third-order valence-corrected chi connectivity index (χ3v) is 4.25. The number of hydrazone groups is 1. The Morgan fingerprint density at radius 1 is 1.19 bits per heavy atom. The highest BCUT2D eigenvalue weighted by molar-refractivity contribution is 7.99. The van der Waals surface area contributed by atoms with Crippen LogP contribution in [-0.2, 0) is 0 Å². The van der Waals surface area contributed by atoms with Crippen LogP contribution in [0.2, 0.25) is 0 Å². The summed E-state index contributed by atoms with van der Waals surface area (Å²) in [5, 5.41) is 4.18. The number of rotatable bonds is 2. The lowest BCUT2D eigenvalue weighted by molar-refractivity contribution is 0.0955. The molecule has 0 saturated heterocycles. The highest BCUT2D eigenvalue weighted by Crippen LogP contribution is 2.30. The minimum atomic E-state index is -0.293. The Morgan fingerprint density at radius 3 is 2.81 bits per heavy atom. The van der Waals surface area contributed by atoms with Gasteiger partial charge in [-0.25, -0.2) is 9.82 Å². The van der Waals surface area contributed by atoms with E-state index in [1.54, 1.807) is 42.1 Å². The van der Waals surface area contributed by atoms with Gasteiger partial charge in [0.2, 0.25) is 0 Å². The molecule has 0 radical (unpaired) electrons. The first kappa shape index (κ1) is 13.8. The molecule has 2 aromatic carbocycles. The van der Waals surface area contributed by atoms with Crippen LogP contribution in [0.4, 0.5) is 4.39 Å². The summed E-state index contributed by atoms with van der Waals surface area (Å²) in [5.41, 5.74) is 4.57. The molecule has 106 valence electrons. The quantitative estimate of drug-likeness (QED) is 0.863. The molecule has 2 aromatic rings. The van der Waals surface area contributed by atoms with Gasteiger partial charge in [0.05, 0.1) is 5.71 Å². The molecule has 0 unspecified atom stereocenters. The van der Waals surface area contributed by atoms with Gasteiger partial charge in [-0.15, -0.1) is 11.8 Å².